The third-order valence-electron chi connectivity index (χ3n) is 2.26. The Bertz CT molecular complexity index is 257. The van der Waals surface area contributed by atoms with Crippen LogP contribution in [0.4, 0.5) is 0 Å². The minimum absolute atomic E-state index is 0.0319. The quantitative estimate of drug-likeness (QED) is 0.542. The van der Waals surface area contributed by atoms with Crippen molar-refractivity contribution in [3.05, 3.63) is 12.2 Å². The molecule has 0 bridgehead atoms. The Morgan fingerprint density at radius 1 is 1.40 bits per heavy atom. The summed E-state index contributed by atoms with van der Waals surface area (Å²) in [6, 6.07) is 0. The molecule has 0 saturated carbocycles. The molecule has 0 spiro atoms. The van der Waals surface area contributed by atoms with Gasteiger partial charge in [-0.15, -0.1) is 0 Å². The SMILES string of the molecule is C=C(C)C(=O)OC(C)C(C)CCC(=O)O. The maximum Gasteiger partial charge on any atom is 0.333 e. The summed E-state index contributed by atoms with van der Waals surface area (Å²) in [5.74, 6) is -1.23. The summed E-state index contributed by atoms with van der Waals surface area (Å²) in [7, 11) is 0. The van der Waals surface area contributed by atoms with Crippen molar-refractivity contribution in [1.82, 2.24) is 0 Å². The van der Waals surface area contributed by atoms with E-state index in [1.807, 2.05) is 6.92 Å². The molecule has 0 saturated heterocycles. The largest absolute Gasteiger partial charge is 0.481 e. The van der Waals surface area contributed by atoms with Crippen molar-refractivity contribution in [3.63, 3.8) is 0 Å². The van der Waals surface area contributed by atoms with Gasteiger partial charge in [0.25, 0.3) is 0 Å². The lowest BCUT2D eigenvalue weighted by molar-refractivity contribution is -0.145. The van der Waals surface area contributed by atoms with E-state index in [2.05, 4.69) is 6.58 Å². The summed E-state index contributed by atoms with van der Waals surface area (Å²) in [5.41, 5.74) is 0.354. The van der Waals surface area contributed by atoms with Crippen molar-refractivity contribution >= 4 is 11.9 Å². The summed E-state index contributed by atoms with van der Waals surface area (Å²) < 4.78 is 5.07. The molecule has 0 heterocycles. The normalized spacial score (nSPS) is 14.1. The Hall–Kier alpha value is -1.32. The molecule has 0 aliphatic carbocycles. The molecule has 15 heavy (non-hydrogen) atoms. The molecule has 2 atom stereocenters. The second-order valence-electron chi connectivity index (χ2n) is 3.80. The van der Waals surface area contributed by atoms with E-state index < -0.39 is 11.9 Å². The fourth-order valence-electron chi connectivity index (χ4n) is 0.971. The van der Waals surface area contributed by atoms with Crippen LogP contribution in [0, 0.1) is 5.92 Å². The molecule has 0 fully saturated rings. The van der Waals surface area contributed by atoms with Crippen LogP contribution < -0.4 is 0 Å². The Morgan fingerprint density at radius 3 is 2.33 bits per heavy atom. The van der Waals surface area contributed by atoms with Crippen molar-refractivity contribution < 1.29 is 19.4 Å². The summed E-state index contributed by atoms with van der Waals surface area (Å²) in [6.07, 6.45) is 0.310. The highest BCUT2D eigenvalue weighted by molar-refractivity contribution is 5.87. The van der Waals surface area contributed by atoms with Gasteiger partial charge in [-0.3, -0.25) is 4.79 Å². The van der Waals surface area contributed by atoms with Gasteiger partial charge >= 0.3 is 11.9 Å². The molecule has 0 aromatic rings. The standard InChI is InChI=1S/C11H18O4/c1-7(2)11(14)15-9(4)8(3)5-6-10(12)13/h8-9H,1,5-6H2,2-4H3,(H,12,13). The van der Waals surface area contributed by atoms with E-state index in [0.29, 0.717) is 12.0 Å². The number of carboxylic acids is 1. The highest BCUT2D eigenvalue weighted by Gasteiger charge is 2.17. The van der Waals surface area contributed by atoms with E-state index in [1.165, 1.54) is 0 Å². The lowest BCUT2D eigenvalue weighted by atomic mass is 10.00. The number of rotatable bonds is 6. The average Bonchev–Trinajstić information content (AvgIpc) is 2.13. The fraction of sp³-hybridized carbons (Fsp3) is 0.636. The number of hydrogen-bond acceptors (Lipinski definition) is 3. The van der Waals surface area contributed by atoms with E-state index in [9.17, 15) is 9.59 Å². The number of aliphatic carboxylic acids is 1. The highest BCUT2D eigenvalue weighted by atomic mass is 16.5. The smallest absolute Gasteiger partial charge is 0.333 e. The minimum Gasteiger partial charge on any atom is -0.481 e. The van der Waals surface area contributed by atoms with Crippen LogP contribution in [0.5, 0.6) is 0 Å². The van der Waals surface area contributed by atoms with E-state index in [1.54, 1.807) is 13.8 Å². The van der Waals surface area contributed by atoms with Crippen molar-refractivity contribution in [2.75, 3.05) is 0 Å². The first-order valence-corrected chi connectivity index (χ1v) is 4.93. The summed E-state index contributed by atoms with van der Waals surface area (Å²) in [4.78, 5) is 21.5. The molecular weight excluding hydrogens is 196 g/mol. The molecule has 4 heteroatoms. The Morgan fingerprint density at radius 2 is 1.93 bits per heavy atom. The summed E-state index contributed by atoms with van der Waals surface area (Å²) in [6.45, 7) is 8.67. The predicted octanol–water partition coefficient (Wildman–Crippen LogP) is 2.00. The third-order valence-corrected chi connectivity index (χ3v) is 2.26. The second-order valence-corrected chi connectivity index (χ2v) is 3.80. The lowest BCUT2D eigenvalue weighted by Crippen LogP contribution is -2.23. The van der Waals surface area contributed by atoms with Gasteiger partial charge in [-0.1, -0.05) is 13.5 Å². The topological polar surface area (TPSA) is 63.6 Å². The first-order chi connectivity index (χ1) is 6.84. The zero-order chi connectivity index (χ0) is 12.0. The first-order valence-electron chi connectivity index (χ1n) is 4.93. The zero-order valence-corrected chi connectivity index (χ0v) is 9.45. The molecule has 4 nitrogen and oxygen atoms in total. The molecule has 0 amide bonds. The monoisotopic (exact) mass is 214 g/mol. The number of hydrogen-bond donors (Lipinski definition) is 1. The average molecular weight is 214 g/mol. The maximum atomic E-state index is 11.2. The highest BCUT2D eigenvalue weighted by Crippen LogP contribution is 2.14. The summed E-state index contributed by atoms with van der Waals surface area (Å²) in [5, 5.41) is 8.49. The van der Waals surface area contributed by atoms with Gasteiger partial charge < -0.3 is 9.84 Å². The van der Waals surface area contributed by atoms with E-state index in [-0.39, 0.29) is 18.4 Å². The van der Waals surface area contributed by atoms with Crippen LogP contribution >= 0.6 is 0 Å². The molecule has 0 aliphatic heterocycles. The van der Waals surface area contributed by atoms with Crippen LogP contribution in [0.2, 0.25) is 0 Å². The van der Waals surface area contributed by atoms with Gasteiger partial charge in [-0.2, -0.15) is 0 Å². The van der Waals surface area contributed by atoms with Gasteiger partial charge in [0.2, 0.25) is 0 Å². The van der Waals surface area contributed by atoms with Crippen molar-refractivity contribution in [2.24, 2.45) is 5.92 Å². The van der Waals surface area contributed by atoms with Gasteiger partial charge in [0.05, 0.1) is 0 Å². The van der Waals surface area contributed by atoms with Gasteiger partial charge in [0, 0.05) is 12.0 Å². The van der Waals surface area contributed by atoms with Gasteiger partial charge in [0.1, 0.15) is 6.10 Å². The lowest BCUT2D eigenvalue weighted by Gasteiger charge is -2.19. The van der Waals surface area contributed by atoms with Crippen LogP contribution in [0.15, 0.2) is 12.2 Å². The molecule has 0 aromatic heterocycles. The second kappa shape index (κ2) is 6.22. The molecule has 1 N–H and O–H groups in total. The van der Waals surface area contributed by atoms with Crippen molar-refractivity contribution in [3.8, 4) is 0 Å². The minimum atomic E-state index is -0.833. The van der Waals surface area contributed by atoms with Crippen molar-refractivity contribution in [2.45, 2.75) is 39.7 Å². The first kappa shape index (κ1) is 13.7. The number of carbonyl (C=O) groups is 2. The molecule has 86 valence electrons. The van der Waals surface area contributed by atoms with Gasteiger partial charge in [0.15, 0.2) is 0 Å². The number of esters is 1. The maximum absolute atomic E-state index is 11.2. The van der Waals surface area contributed by atoms with Crippen LogP contribution in [0.1, 0.15) is 33.6 Å². The van der Waals surface area contributed by atoms with E-state index >= 15 is 0 Å². The summed E-state index contributed by atoms with van der Waals surface area (Å²) >= 11 is 0. The third kappa shape index (κ3) is 5.88. The van der Waals surface area contributed by atoms with E-state index in [4.69, 9.17) is 9.84 Å². The Labute approximate surface area is 89.9 Å². The molecule has 0 aromatic carbocycles. The molecule has 0 rings (SSSR count). The number of carboxylic acid groups (broad SMARTS) is 1. The van der Waals surface area contributed by atoms with Crippen LogP contribution in [-0.4, -0.2) is 23.1 Å². The van der Waals surface area contributed by atoms with Gasteiger partial charge in [-0.05, 0) is 26.2 Å². The molecule has 0 aliphatic rings. The van der Waals surface area contributed by atoms with Crippen LogP contribution in [0.3, 0.4) is 0 Å². The zero-order valence-electron chi connectivity index (χ0n) is 9.45. The molecule has 0 radical (unpaired) electrons. The van der Waals surface area contributed by atoms with Gasteiger partial charge in [-0.25, -0.2) is 4.79 Å². The van der Waals surface area contributed by atoms with Crippen molar-refractivity contribution in [1.29, 1.82) is 0 Å². The van der Waals surface area contributed by atoms with E-state index in [0.717, 1.165) is 0 Å². The van der Waals surface area contributed by atoms with Crippen LogP contribution in [-0.2, 0) is 14.3 Å². The van der Waals surface area contributed by atoms with Crippen LogP contribution in [0.25, 0.3) is 0 Å². The predicted molar refractivity (Wildman–Crippen MR) is 56.4 cm³/mol. The molecule has 2 unspecified atom stereocenters. The fourth-order valence-corrected chi connectivity index (χ4v) is 0.971. The Balaban J connectivity index is 3.98. The number of carbonyl (C=O) groups excluding carboxylic acids is 1. The number of ether oxygens (including phenoxy) is 1. The molecular formula is C11H18O4. The Kier molecular flexibility index (Phi) is 5.67.